The summed E-state index contributed by atoms with van der Waals surface area (Å²) >= 11 is 5.42. The van der Waals surface area contributed by atoms with Gasteiger partial charge in [-0.1, -0.05) is 0 Å². The lowest BCUT2D eigenvalue weighted by Crippen LogP contribution is -2.28. The van der Waals surface area contributed by atoms with Crippen molar-refractivity contribution in [1.29, 1.82) is 0 Å². The number of alkyl halides is 1. The molecule has 0 aliphatic heterocycles. The number of hydrogen-bond donors (Lipinski definition) is 1. The first-order valence-electron chi connectivity index (χ1n) is 5.48. The Kier molecular flexibility index (Phi) is 5.30. The second-order valence-electron chi connectivity index (χ2n) is 3.76. The monoisotopic (exact) mass is 317 g/mol. The van der Waals surface area contributed by atoms with Gasteiger partial charge in [0.1, 0.15) is 11.6 Å². The number of nitrogens with two attached hydrogens (primary N) is 1. The van der Waals surface area contributed by atoms with Gasteiger partial charge in [-0.3, -0.25) is 14.9 Å². The summed E-state index contributed by atoms with van der Waals surface area (Å²) in [5, 5.41) is 11.1. The third-order valence-electron chi connectivity index (χ3n) is 2.52. The zero-order valence-corrected chi connectivity index (χ0v) is 11.9. The Morgan fingerprint density at radius 2 is 2.05 bits per heavy atom. The van der Waals surface area contributed by atoms with Crippen molar-refractivity contribution in [2.45, 2.75) is 0 Å². The highest BCUT2D eigenvalue weighted by Gasteiger charge is 2.25. The molecule has 9 nitrogen and oxygen atoms in total. The highest BCUT2D eigenvalue weighted by molar-refractivity contribution is 6.29. The number of anilines is 1. The maximum absolute atomic E-state index is 11.6. The minimum Gasteiger partial charge on any atom is -0.493 e. The number of carbonyl (C=O) groups excluding carboxylic acids is 2. The molecule has 0 fully saturated rings. The van der Waals surface area contributed by atoms with E-state index in [1.54, 1.807) is 0 Å². The number of ether oxygens (including phenoxy) is 2. The topological polar surface area (TPSA) is 125 Å². The van der Waals surface area contributed by atoms with E-state index in [1.165, 1.54) is 20.2 Å². The van der Waals surface area contributed by atoms with E-state index < -0.39 is 22.6 Å². The van der Waals surface area contributed by atoms with Gasteiger partial charge >= 0.3 is 6.09 Å². The Morgan fingerprint density at radius 1 is 1.43 bits per heavy atom. The molecule has 21 heavy (non-hydrogen) atoms. The summed E-state index contributed by atoms with van der Waals surface area (Å²) in [4.78, 5) is 33.7. The van der Waals surface area contributed by atoms with Crippen molar-refractivity contribution in [2.24, 2.45) is 5.73 Å². The number of amides is 2. The summed E-state index contributed by atoms with van der Waals surface area (Å²) in [5.41, 5.74) is 4.35. The molecule has 1 rings (SSSR count). The van der Waals surface area contributed by atoms with Crippen LogP contribution in [0.15, 0.2) is 12.1 Å². The van der Waals surface area contributed by atoms with E-state index in [1.807, 2.05) is 0 Å². The summed E-state index contributed by atoms with van der Waals surface area (Å²) in [6.07, 6.45) is -1.15. The van der Waals surface area contributed by atoms with Crippen LogP contribution in [-0.4, -0.2) is 37.0 Å². The number of halogens is 1. The van der Waals surface area contributed by atoms with Crippen LogP contribution >= 0.6 is 11.6 Å². The average Bonchev–Trinajstić information content (AvgIpc) is 2.44. The molecule has 1 aromatic rings. The third kappa shape index (κ3) is 3.72. The van der Waals surface area contributed by atoms with Gasteiger partial charge in [0, 0.05) is 13.1 Å². The molecule has 0 radical (unpaired) electrons. The average molecular weight is 318 g/mol. The zero-order valence-electron chi connectivity index (χ0n) is 11.2. The summed E-state index contributed by atoms with van der Waals surface area (Å²) < 4.78 is 9.59. The largest absolute Gasteiger partial charge is 0.493 e. The molecular formula is C11H12ClN3O6. The Bertz CT molecular complexity index is 592. The van der Waals surface area contributed by atoms with Crippen LogP contribution in [0.2, 0.25) is 0 Å². The standard InChI is InChI=1S/C11H12ClN3O6/c1-14(10(16)5-12)6-3-8(20-2)9(21-11(13)17)4-7(6)15(18)19/h3-4H,5H2,1-2H3,(H2,13,17). The van der Waals surface area contributed by atoms with Crippen LogP contribution in [0.1, 0.15) is 0 Å². The number of carbonyl (C=O) groups is 2. The second-order valence-corrected chi connectivity index (χ2v) is 4.02. The molecule has 114 valence electrons. The fraction of sp³-hybridized carbons (Fsp3) is 0.273. The predicted molar refractivity (Wildman–Crippen MR) is 74.0 cm³/mol. The quantitative estimate of drug-likeness (QED) is 0.495. The Morgan fingerprint density at radius 3 is 2.48 bits per heavy atom. The molecule has 2 N–H and O–H groups in total. The SMILES string of the molecule is COc1cc(N(C)C(=O)CCl)c([N+](=O)[O-])cc1OC(N)=O. The molecule has 0 spiro atoms. The van der Waals surface area contributed by atoms with Crippen LogP contribution < -0.4 is 20.1 Å². The van der Waals surface area contributed by atoms with E-state index in [-0.39, 0.29) is 23.1 Å². The van der Waals surface area contributed by atoms with Crippen LogP contribution in [-0.2, 0) is 4.79 Å². The minimum absolute atomic E-state index is 0.00335. The van der Waals surface area contributed by atoms with Crippen LogP contribution in [0.25, 0.3) is 0 Å². The number of methoxy groups -OCH3 is 1. The molecule has 0 aliphatic carbocycles. The van der Waals surface area contributed by atoms with E-state index in [0.717, 1.165) is 11.0 Å². The summed E-state index contributed by atoms with van der Waals surface area (Å²) in [5.74, 6) is -1.13. The van der Waals surface area contributed by atoms with Gasteiger partial charge in [-0.2, -0.15) is 0 Å². The van der Waals surface area contributed by atoms with Gasteiger partial charge in [0.15, 0.2) is 11.5 Å². The number of nitro benzene ring substituents is 1. The lowest BCUT2D eigenvalue weighted by Gasteiger charge is -2.18. The molecule has 10 heteroatoms. The van der Waals surface area contributed by atoms with Gasteiger partial charge in [-0.25, -0.2) is 4.79 Å². The van der Waals surface area contributed by atoms with Crippen molar-refractivity contribution in [3.05, 3.63) is 22.2 Å². The summed E-state index contributed by atoms with van der Waals surface area (Å²) in [7, 11) is 2.59. The molecule has 0 aliphatic rings. The molecular weight excluding hydrogens is 306 g/mol. The number of benzene rings is 1. The molecule has 0 heterocycles. The lowest BCUT2D eigenvalue weighted by molar-refractivity contribution is -0.384. The van der Waals surface area contributed by atoms with Crippen molar-refractivity contribution in [2.75, 3.05) is 24.9 Å². The third-order valence-corrected chi connectivity index (χ3v) is 2.75. The number of nitrogens with zero attached hydrogens (tertiary/aromatic N) is 2. The highest BCUT2D eigenvalue weighted by Crippen LogP contribution is 2.39. The zero-order chi connectivity index (χ0) is 16.2. The molecule has 0 aromatic heterocycles. The maximum atomic E-state index is 11.6. The van der Waals surface area contributed by atoms with Gasteiger partial charge in [0.25, 0.3) is 5.69 Å². The number of hydrogen-bond acceptors (Lipinski definition) is 6. The summed E-state index contributed by atoms with van der Waals surface area (Å²) in [6.45, 7) is 0. The van der Waals surface area contributed by atoms with E-state index >= 15 is 0 Å². The smallest absolute Gasteiger partial charge is 0.410 e. The second kappa shape index (κ2) is 6.75. The lowest BCUT2D eigenvalue weighted by atomic mass is 10.2. The Hall–Kier alpha value is -2.55. The van der Waals surface area contributed by atoms with Gasteiger partial charge in [-0.05, 0) is 0 Å². The first kappa shape index (κ1) is 16.5. The van der Waals surface area contributed by atoms with E-state index in [9.17, 15) is 19.7 Å². The minimum atomic E-state index is -1.15. The number of primary amides is 1. The molecule has 0 atom stereocenters. The molecule has 0 saturated heterocycles. The van der Waals surface area contributed by atoms with E-state index in [0.29, 0.717) is 0 Å². The molecule has 0 saturated carbocycles. The van der Waals surface area contributed by atoms with E-state index in [2.05, 4.69) is 4.74 Å². The maximum Gasteiger partial charge on any atom is 0.410 e. The van der Waals surface area contributed by atoms with Gasteiger partial charge < -0.3 is 20.1 Å². The molecule has 0 bridgehead atoms. The summed E-state index contributed by atoms with van der Waals surface area (Å²) in [6, 6.07) is 2.12. The number of rotatable bonds is 5. The van der Waals surface area contributed by atoms with Crippen molar-refractivity contribution in [3.63, 3.8) is 0 Å². The fourth-order valence-electron chi connectivity index (χ4n) is 1.53. The van der Waals surface area contributed by atoms with Gasteiger partial charge in [0.2, 0.25) is 5.91 Å². The molecule has 2 amide bonds. The van der Waals surface area contributed by atoms with Gasteiger partial charge in [-0.15, -0.1) is 11.6 Å². The van der Waals surface area contributed by atoms with Crippen LogP contribution in [0, 0.1) is 10.1 Å². The predicted octanol–water partition coefficient (Wildman–Crippen LogP) is 1.26. The van der Waals surface area contributed by atoms with E-state index in [4.69, 9.17) is 22.1 Å². The van der Waals surface area contributed by atoms with Crippen molar-refractivity contribution in [3.8, 4) is 11.5 Å². The Labute approximate surface area is 124 Å². The molecule has 1 aromatic carbocycles. The highest BCUT2D eigenvalue weighted by atomic mass is 35.5. The van der Waals surface area contributed by atoms with Crippen molar-refractivity contribution >= 4 is 35.0 Å². The van der Waals surface area contributed by atoms with Crippen molar-refractivity contribution < 1.29 is 24.0 Å². The number of nitro groups is 1. The fourth-order valence-corrected chi connectivity index (χ4v) is 1.70. The first-order valence-corrected chi connectivity index (χ1v) is 6.01. The van der Waals surface area contributed by atoms with Crippen molar-refractivity contribution in [1.82, 2.24) is 0 Å². The Balaban J connectivity index is 3.46. The van der Waals surface area contributed by atoms with Crippen LogP contribution in [0.5, 0.6) is 11.5 Å². The normalized spacial score (nSPS) is 9.86. The van der Waals surface area contributed by atoms with Gasteiger partial charge in [0.05, 0.1) is 18.1 Å². The van der Waals surface area contributed by atoms with Crippen LogP contribution in [0.3, 0.4) is 0 Å². The van der Waals surface area contributed by atoms with Crippen LogP contribution in [0.4, 0.5) is 16.2 Å². The molecule has 0 unspecified atom stereocenters. The first-order chi connectivity index (χ1) is 9.81.